The molecule has 29 nitrogen and oxygen atoms in total. The minimum absolute atomic E-state index is 0.0395. The molecule has 30 heteroatoms. The van der Waals surface area contributed by atoms with Gasteiger partial charge in [0.25, 0.3) is 0 Å². The standard InChI is InChI=1S/C71H114N12O17S/c1-14-48(8)62(56(93-12)43-58(85)83-31-19-23-55(83)63(94-13)49(9)64(86)78-54(68-74-30-41-101-68)42-50-20-16-15-17-21-50)81(10)69(90)60(46(4)5)80-67(89)61(47(6)7)82(11)71(92)99-44-51-24-26-52(27-25-51)76-65(87)53(22-18-29-75-70(72)91)77-66(88)59(45(2)3)79-57(84)28-32-95-33-34-96-35-36-97-37-38-98-39-40-100-73/h15-17,20-21,24-27,30,41,45-49,53-56,59-63H,14,18-19,22-23,28-29,31-40,42-44,73H2,1-13H3,(H,76,87)(H,77,88)(H,78,86)(H,79,84)(H,80,89)(H3,72,75,91)/t48-,49+,53-,54?,55-,56+,59-,60-,61-,62-,63+/m0/s1. The van der Waals surface area contributed by atoms with E-state index in [1.165, 1.54) is 30.4 Å². The summed E-state index contributed by atoms with van der Waals surface area (Å²) in [5, 5.41) is 19.6. The van der Waals surface area contributed by atoms with E-state index in [0.717, 1.165) is 10.6 Å². The van der Waals surface area contributed by atoms with Crippen molar-refractivity contribution in [1.29, 1.82) is 0 Å². The second kappa shape index (κ2) is 46.2. The summed E-state index contributed by atoms with van der Waals surface area (Å²) < 4.78 is 39.6. The second-order valence-electron chi connectivity index (χ2n) is 26.3. The number of urea groups is 1. The molecule has 1 saturated heterocycles. The number of hydrogen-bond donors (Lipinski definition) is 8. The molecule has 1 aromatic heterocycles. The number of thiazole rings is 1. The van der Waals surface area contributed by atoms with Gasteiger partial charge in [-0.1, -0.05) is 111 Å². The van der Waals surface area contributed by atoms with E-state index < -0.39 is 108 Å². The van der Waals surface area contributed by atoms with Gasteiger partial charge in [-0.2, -0.15) is 0 Å². The zero-order valence-corrected chi connectivity index (χ0v) is 62.2. The van der Waals surface area contributed by atoms with E-state index in [4.69, 9.17) is 44.8 Å². The fraction of sp³-hybridized carbons (Fsp3) is 0.662. The van der Waals surface area contributed by atoms with Gasteiger partial charge < -0.3 is 85.4 Å². The summed E-state index contributed by atoms with van der Waals surface area (Å²) in [6.07, 6.45) is 2.23. The van der Waals surface area contributed by atoms with Gasteiger partial charge in [0.05, 0.1) is 102 Å². The molecule has 101 heavy (non-hydrogen) atoms. The molecule has 1 fully saturated rings. The van der Waals surface area contributed by atoms with Gasteiger partial charge in [-0.3, -0.25) is 38.5 Å². The number of nitrogens with one attached hydrogen (secondary N) is 6. The smallest absolute Gasteiger partial charge is 0.410 e. The number of aromatic nitrogens is 1. The number of hydrogen-bond acceptors (Lipinski definition) is 20. The van der Waals surface area contributed by atoms with Gasteiger partial charge in [-0.05, 0) is 79.0 Å². The number of nitrogens with zero attached hydrogens (tertiary/aromatic N) is 4. The summed E-state index contributed by atoms with van der Waals surface area (Å²) in [6.45, 7) is 19.6. The molecular formula is C71H114N12O17S. The lowest BCUT2D eigenvalue weighted by Gasteiger charge is -2.41. The third kappa shape index (κ3) is 29.1. The Bertz CT molecular complexity index is 2970. The van der Waals surface area contributed by atoms with E-state index in [1.807, 2.05) is 70.3 Å². The molecular weight excluding hydrogens is 1320 g/mol. The van der Waals surface area contributed by atoms with Crippen LogP contribution in [0.15, 0.2) is 66.2 Å². The van der Waals surface area contributed by atoms with Crippen LogP contribution in [0.5, 0.6) is 0 Å². The Kier molecular flexibility index (Phi) is 39.4. The number of nitrogens with two attached hydrogens (primary N) is 2. The fourth-order valence-corrected chi connectivity index (χ4v) is 12.8. The average Bonchev–Trinajstić information content (AvgIpc) is 1.40. The molecule has 1 aliphatic heterocycles. The Morgan fingerprint density at radius 1 is 0.693 bits per heavy atom. The van der Waals surface area contributed by atoms with Crippen LogP contribution < -0.4 is 43.5 Å². The number of likely N-dealkylation sites (N-methyl/N-ethyl adjacent to an activating group) is 2. The van der Waals surface area contributed by atoms with Gasteiger partial charge in [-0.25, -0.2) is 20.5 Å². The topological polar surface area (TPSA) is 374 Å². The van der Waals surface area contributed by atoms with Crippen molar-refractivity contribution in [3.05, 3.63) is 82.3 Å². The van der Waals surface area contributed by atoms with E-state index >= 15 is 0 Å². The number of likely N-dealkylation sites (tertiary alicyclic amines) is 1. The molecule has 1 aliphatic rings. The lowest BCUT2D eigenvalue weighted by Crippen LogP contribution is -2.60. The lowest BCUT2D eigenvalue weighted by molar-refractivity contribution is -0.148. The third-order valence-corrected chi connectivity index (χ3v) is 18.7. The predicted octanol–water partition coefficient (Wildman–Crippen LogP) is 5.26. The predicted molar refractivity (Wildman–Crippen MR) is 381 cm³/mol. The monoisotopic (exact) mass is 1440 g/mol. The summed E-state index contributed by atoms with van der Waals surface area (Å²) in [5.74, 6) is -0.136. The zero-order chi connectivity index (χ0) is 74.6. The number of methoxy groups -OCH3 is 2. The highest BCUT2D eigenvalue weighted by atomic mass is 32.1. The van der Waals surface area contributed by atoms with Crippen LogP contribution in [0.4, 0.5) is 15.3 Å². The molecule has 0 saturated carbocycles. The van der Waals surface area contributed by atoms with E-state index in [-0.39, 0.29) is 88.3 Å². The third-order valence-electron chi connectivity index (χ3n) is 17.8. The van der Waals surface area contributed by atoms with Gasteiger partial charge in [0.2, 0.25) is 41.4 Å². The molecule has 0 bridgehead atoms. The summed E-state index contributed by atoms with van der Waals surface area (Å²) in [4.78, 5) is 137. The van der Waals surface area contributed by atoms with Crippen molar-refractivity contribution in [2.45, 2.75) is 175 Å². The summed E-state index contributed by atoms with van der Waals surface area (Å²) >= 11 is 1.47. The van der Waals surface area contributed by atoms with E-state index in [9.17, 15) is 43.2 Å². The number of rotatable bonds is 48. The SMILES string of the molecule is CC[C@H](C)[C@@H]([C@@H](CC(=O)N1CCC[C@H]1[C@H](OC)[C@@H](C)C(=O)NC(Cc1ccccc1)c1nccs1)OC)N(C)C(=O)[C@@H](NC(=O)[C@H](C(C)C)N(C)C(=O)OCc1ccc(NC(=O)[C@H](CCCNC(N)=O)NC(=O)[C@@H](NC(=O)CCOCCOCCOCCOCCON)C(C)C)cc1)C(C)C. The highest BCUT2D eigenvalue weighted by Gasteiger charge is 2.44. The second-order valence-corrected chi connectivity index (χ2v) is 27.3. The maximum absolute atomic E-state index is 14.9. The van der Waals surface area contributed by atoms with Gasteiger partial charge in [0.15, 0.2) is 0 Å². The fourth-order valence-electron chi connectivity index (χ4n) is 12.1. The lowest BCUT2D eigenvalue weighted by atomic mass is 9.89. The highest BCUT2D eigenvalue weighted by molar-refractivity contribution is 7.09. The largest absolute Gasteiger partial charge is 0.445 e. The first-order chi connectivity index (χ1) is 48.3. The first kappa shape index (κ1) is 86.0. The molecule has 2 aromatic carbocycles. The molecule has 10 amide bonds. The summed E-state index contributed by atoms with van der Waals surface area (Å²) in [5.41, 5.74) is 7.19. The number of carbonyl (C=O) groups is 9. The molecule has 566 valence electrons. The Morgan fingerprint density at radius 2 is 1.32 bits per heavy atom. The minimum atomic E-state index is -1.11. The van der Waals surface area contributed by atoms with Crippen LogP contribution >= 0.6 is 11.3 Å². The molecule has 3 aromatic rings. The molecule has 10 N–H and O–H groups in total. The molecule has 1 unspecified atom stereocenters. The molecule has 0 radical (unpaired) electrons. The summed E-state index contributed by atoms with van der Waals surface area (Å²) in [7, 11) is 6.17. The number of ether oxygens (including phenoxy) is 7. The van der Waals surface area contributed by atoms with Gasteiger partial charge in [0.1, 0.15) is 35.8 Å². The highest BCUT2D eigenvalue weighted by Crippen LogP contribution is 2.31. The zero-order valence-electron chi connectivity index (χ0n) is 61.4. The van der Waals surface area contributed by atoms with Gasteiger partial charge >= 0.3 is 12.1 Å². The maximum atomic E-state index is 14.9. The van der Waals surface area contributed by atoms with Crippen molar-refractivity contribution in [2.75, 3.05) is 106 Å². The quantitative estimate of drug-likeness (QED) is 0.0264. The average molecular weight is 1440 g/mol. The normalized spacial score (nSPS) is 16.0. The molecule has 2 heterocycles. The number of amides is 10. The Hall–Kier alpha value is -7.42. The molecule has 0 aliphatic carbocycles. The molecule has 0 spiro atoms. The van der Waals surface area contributed by atoms with Crippen LogP contribution in [0.1, 0.15) is 129 Å². The number of primary amides is 1. The van der Waals surface area contributed by atoms with Crippen LogP contribution in [0.25, 0.3) is 0 Å². The van der Waals surface area contributed by atoms with Crippen molar-refractivity contribution >= 4 is 70.5 Å². The van der Waals surface area contributed by atoms with Gasteiger partial charge in [0, 0.05) is 65.1 Å². The van der Waals surface area contributed by atoms with Crippen LogP contribution in [0.3, 0.4) is 0 Å². The van der Waals surface area contributed by atoms with Gasteiger partial charge in [-0.15, -0.1) is 11.3 Å². The Morgan fingerprint density at radius 3 is 1.87 bits per heavy atom. The van der Waals surface area contributed by atoms with E-state index in [1.54, 1.807) is 82.1 Å². The molecule has 4 rings (SSSR count). The van der Waals surface area contributed by atoms with Crippen LogP contribution in [0.2, 0.25) is 0 Å². The number of benzene rings is 2. The maximum Gasteiger partial charge on any atom is 0.410 e. The van der Waals surface area contributed by atoms with Crippen molar-refractivity contribution in [1.82, 2.24) is 46.3 Å². The number of carbonyl (C=O) groups excluding carboxylic acids is 9. The van der Waals surface area contributed by atoms with Crippen LogP contribution in [-0.4, -0.2) is 222 Å². The van der Waals surface area contributed by atoms with Crippen molar-refractivity contribution in [3.8, 4) is 0 Å². The van der Waals surface area contributed by atoms with Crippen molar-refractivity contribution in [3.63, 3.8) is 0 Å². The number of anilines is 1. The Labute approximate surface area is 599 Å². The van der Waals surface area contributed by atoms with E-state index in [0.29, 0.717) is 83.1 Å². The van der Waals surface area contributed by atoms with Crippen molar-refractivity contribution < 1.29 is 81.1 Å². The van der Waals surface area contributed by atoms with Crippen LogP contribution in [-0.2, 0) is 84.6 Å². The van der Waals surface area contributed by atoms with Crippen LogP contribution in [0, 0.1) is 29.6 Å². The first-order valence-corrected chi connectivity index (χ1v) is 35.9. The Balaban J connectivity index is 1.35. The molecule has 11 atom stereocenters. The summed E-state index contributed by atoms with van der Waals surface area (Å²) in [6, 6.07) is 9.90. The van der Waals surface area contributed by atoms with Crippen molar-refractivity contribution in [2.24, 2.45) is 41.2 Å². The first-order valence-electron chi connectivity index (χ1n) is 35.0. The van der Waals surface area contributed by atoms with E-state index in [2.05, 4.69) is 41.7 Å². The minimum Gasteiger partial charge on any atom is -0.445 e.